The van der Waals surface area contributed by atoms with Gasteiger partial charge >= 0.3 is 0 Å². The van der Waals surface area contributed by atoms with Crippen molar-refractivity contribution in [3.63, 3.8) is 0 Å². The Bertz CT molecular complexity index is 137. The zero-order valence-corrected chi connectivity index (χ0v) is 8.29. The minimum atomic E-state index is 0.0355. The van der Waals surface area contributed by atoms with Crippen molar-refractivity contribution in [1.29, 1.82) is 0 Å². The molecule has 0 radical (unpaired) electrons. The van der Waals surface area contributed by atoms with E-state index in [4.69, 9.17) is 11.6 Å². The molecule has 11 heavy (non-hydrogen) atoms. The second-order valence-electron chi connectivity index (χ2n) is 3.25. The molecule has 0 aliphatic carbocycles. The third kappa shape index (κ3) is 4.09. The van der Waals surface area contributed by atoms with E-state index in [0.717, 1.165) is 5.84 Å². The van der Waals surface area contributed by atoms with Gasteiger partial charge in [0.05, 0.1) is 0 Å². The van der Waals surface area contributed by atoms with E-state index >= 15 is 0 Å². The molecule has 0 rings (SSSR count). The molecule has 0 saturated carbocycles. The third-order valence-corrected chi connectivity index (χ3v) is 1.32. The largest absolute Gasteiger partial charge is 0.375 e. The molecule has 66 valence electrons. The molecule has 0 unspecified atom stereocenters. The van der Waals surface area contributed by atoms with Crippen LogP contribution >= 0.6 is 11.6 Å². The normalized spacial score (nSPS) is 13.0. The first-order valence-corrected chi connectivity index (χ1v) is 4.10. The first-order chi connectivity index (χ1) is 5.02. The Morgan fingerprint density at radius 3 is 2.27 bits per heavy atom. The standard InChI is InChI=1S/C7H16ClN3/c1-7(2,3)6(9-4)11-10-5-8/h10H,5H2,1-4H3,(H,9,11). The monoisotopic (exact) mass is 177 g/mol. The van der Waals surface area contributed by atoms with Crippen molar-refractivity contribution < 1.29 is 0 Å². The highest BCUT2D eigenvalue weighted by molar-refractivity contribution is 6.17. The lowest BCUT2D eigenvalue weighted by molar-refractivity contribution is 0.563. The van der Waals surface area contributed by atoms with Crippen LogP contribution in [-0.2, 0) is 0 Å². The topological polar surface area (TPSA) is 36.4 Å². The molecule has 0 heterocycles. The summed E-state index contributed by atoms with van der Waals surface area (Å²) in [5.74, 6) is 0.901. The van der Waals surface area contributed by atoms with Crippen molar-refractivity contribution in [1.82, 2.24) is 10.7 Å². The molecule has 0 spiro atoms. The van der Waals surface area contributed by atoms with E-state index in [-0.39, 0.29) is 5.41 Å². The van der Waals surface area contributed by atoms with Gasteiger partial charge < -0.3 is 5.32 Å². The van der Waals surface area contributed by atoms with Gasteiger partial charge in [-0.15, -0.1) is 11.6 Å². The Morgan fingerprint density at radius 1 is 1.45 bits per heavy atom. The van der Waals surface area contributed by atoms with Crippen LogP contribution in [0.3, 0.4) is 0 Å². The van der Waals surface area contributed by atoms with Crippen molar-refractivity contribution in [3.05, 3.63) is 0 Å². The highest BCUT2D eigenvalue weighted by Gasteiger charge is 2.17. The van der Waals surface area contributed by atoms with Crippen molar-refractivity contribution >= 4 is 17.4 Å². The number of amidine groups is 1. The van der Waals surface area contributed by atoms with Crippen LogP contribution in [0, 0.1) is 5.41 Å². The lowest BCUT2D eigenvalue weighted by Crippen LogP contribution is -2.34. The van der Waals surface area contributed by atoms with E-state index in [1.54, 1.807) is 0 Å². The van der Waals surface area contributed by atoms with Gasteiger partial charge in [0.15, 0.2) is 0 Å². The number of nitrogens with zero attached hydrogens (tertiary/aromatic N) is 1. The average Bonchev–Trinajstić information content (AvgIpc) is 1.87. The number of halogens is 1. The molecular formula is C7H16ClN3. The number of nitrogens with one attached hydrogen (secondary N) is 2. The first kappa shape index (κ1) is 10.6. The van der Waals surface area contributed by atoms with E-state index < -0.39 is 0 Å². The van der Waals surface area contributed by atoms with Crippen LogP contribution < -0.4 is 10.7 Å². The van der Waals surface area contributed by atoms with Gasteiger partial charge in [-0.2, -0.15) is 5.10 Å². The Kier molecular flexibility index (Phi) is 4.26. The van der Waals surface area contributed by atoms with Gasteiger partial charge in [-0.05, 0) is 0 Å². The molecule has 0 aliphatic rings. The molecule has 0 saturated heterocycles. The maximum atomic E-state index is 5.41. The van der Waals surface area contributed by atoms with Crippen molar-refractivity contribution in [2.45, 2.75) is 20.8 Å². The zero-order valence-electron chi connectivity index (χ0n) is 7.53. The number of alkyl halides is 1. The molecule has 0 aromatic carbocycles. The predicted molar refractivity (Wildman–Crippen MR) is 49.8 cm³/mol. The summed E-state index contributed by atoms with van der Waals surface area (Å²) >= 11 is 5.41. The molecule has 0 atom stereocenters. The zero-order chi connectivity index (χ0) is 8.91. The minimum Gasteiger partial charge on any atom is -0.375 e. The van der Waals surface area contributed by atoms with Crippen LogP contribution in [0.4, 0.5) is 0 Å². The van der Waals surface area contributed by atoms with E-state index in [9.17, 15) is 0 Å². The van der Waals surface area contributed by atoms with Crippen molar-refractivity contribution in [2.75, 3.05) is 13.1 Å². The van der Waals surface area contributed by atoms with Crippen LogP contribution in [0.2, 0.25) is 0 Å². The molecule has 4 heteroatoms. The Hall–Kier alpha value is -0.440. The molecule has 0 amide bonds. The van der Waals surface area contributed by atoms with Crippen LogP contribution in [0.25, 0.3) is 0 Å². The Labute approximate surface area is 73.2 Å². The highest BCUT2D eigenvalue weighted by atomic mass is 35.5. The van der Waals surface area contributed by atoms with Gasteiger partial charge in [0, 0.05) is 12.5 Å². The average molecular weight is 178 g/mol. The maximum Gasteiger partial charge on any atom is 0.127 e. The lowest BCUT2D eigenvalue weighted by atomic mass is 9.95. The number of hydrogen-bond donors (Lipinski definition) is 2. The fraction of sp³-hybridized carbons (Fsp3) is 0.857. The number of hydrogen-bond acceptors (Lipinski definition) is 2. The summed E-state index contributed by atoms with van der Waals surface area (Å²) in [4.78, 5) is 0. The molecular weight excluding hydrogens is 162 g/mol. The number of rotatable bonds is 2. The summed E-state index contributed by atoms with van der Waals surface area (Å²) in [6, 6.07) is 0.335. The Balaban J connectivity index is 4.16. The fourth-order valence-electron chi connectivity index (χ4n) is 0.708. The lowest BCUT2D eigenvalue weighted by Gasteiger charge is -2.20. The van der Waals surface area contributed by atoms with Crippen LogP contribution in [0.5, 0.6) is 0 Å². The summed E-state index contributed by atoms with van der Waals surface area (Å²) in [5.41, 5.74) is 2.73. The van der Waals surface area contributed by atoms with Crippen molar-refractivity contribution in [3.8, 4) is 0 Å². The molecule has 0 bridgehead atoms. The van der Waals surface area contributed by atoms with E-state index in [1.807, 2.05) is 7.05 Å². The third-order valence-electron chi connectivity index (χ3n) is 1.20. The SMILES string of the molecule is CN/C(=N\NCCl)C(C)(C)C. The maximum absolute atomic E-state index is 5.41. The second kappa shape index (κ2) is 4.44. The Morgan fingerprint density at radius 2 is 2.00 bits per heavy atom. The van der Waals surface area contributed by atoms with E-state index in [0.29, 0.717) is 6.00 Å². The predicted octanol–water partition coefficient (Wildman–Crippen LogP) is 1.35. The smallest absolute Gasteiger partial charge is 0.127 e. The van der Waals surface area contributed by atoms with Gasteiger partial charge in [-0.1, -0.05) is 20.8 Å². The van der Waals surface area contributed by atoms with Crippen LogP contribution in [0.1, 0.15) is 20.8 Å². The van der Waals surface area contributed by atoms with E-state index in [2.05, 4.69) is 36.6 Å². The van der Waals surface area contributed by atoms with Gasteiger partial charge in [0.25, 0.3) is 0 Å². The summed E-state index contributed by atoms with van der Waals surface area (Å²) in [6.45, 7) is 6.24. The fourth-order valence-corrected chi connectivity index (χ4v) is 0.767. The summed E-state index contributed by atoms with van der Waals surface area (Å²) in [5, 5.41) is 7.06. The van der Waals surface area contributed by atoms with Gasteiger partial charge in [0.2, 0.25) is 0 Å². The summed E-state index contributed by atoms with van der Waals surface area (Å²) < 4.78 is 0. The highest BCUT2D eigenvalue weighted by Crippen LogP contribution is 2.13. The van der Waals surface area contributed by atoms with Crippen molar-refractivity contribution in [2.24, 2.45) is 10.5 Å². The molecule has 0 aliphatic heterocycles. The van der Waals surface area contributed by atoms with Crippen LogP contribution in [-0.4, -0.2) is 18.9 Å². The number of hydrazone groups is 1. The molecule has 0 fully saturated rings. The van der Waals surface area contributed by atoms with E-state index in [1.165, 1.54) is 0 Å². The summed E-state index contributed by atoms with van der Waals surface area (Å²) in [7, 11) is 1.85. The quantitative estimate of drug-likeness (QED) is 0.220. The van der Waals surface area contributed by atoms with Gasteiger partial charge in [0.1, 0.15) is 11.8 Å². The molecule has 0 aromatic heterocycles. The molecule has 0 aromatic rings. The van der Waals surface area contributed by atoms with Crippen LogP contribution in [0.15, 0.2) is 5.10 Å². The summed E-state index contributed by atoms with van der Waals surface area (Å²) in [6.07, 6.45) is 0. The minimum absolute atomic E-state index is 0.0355. The second-order valence-corrected chi connectivity index (χ2v) is 3.52. The molecule has 2 N–H and O–H groups in total. The first-order valence-electron chi connectivity index (χ1n) is 3.57. The van der Waals surface area contributed by atoms with Gasteiger partial charge in [-0.25, -0.2) is 0 Å². The van der Waals surface area contributed by atoms with Gasteiger partial charge in [-0.3, -0.25) is 5.43 Å². The molecule has 3 nitrogen and oxygen atoms in total.